The van der Waals surface area contributed by atoms with E-state index in [1.807, 2.05) is 6.92 Å². The quantitative estimate of drug-likeness (QED) is 0.898. The summed E-state index contributed by atoms with van der Waals surface area (Å²) in [6.07, 6.45) is 0. The molecular weight excluding hydrogens is 267 g/mol. The lowest BCUT2D eigenvalue weighted by Gasteiger charge is -2.12. The van der Waals surface area contributed by atoms with Crippen molar-refractivity contribution in [1.29, 1.82) is 0 Å². The van der Waals surface area contributed by atoms with Crippen LogP contribution in [-0.4, -0.2) is 14.8 Å². The number of benzene rings is 1. The summed E-state index contributed by atoms with van der Waals surface area (Å²) in [4.78, 5) is 12.3. The highest BCUT2D eigenvalue weighted by molar-refractivity contribution is 7.99. The Morgan fingerprint density at radius 3 is 2.95 bits per heavy atom. The molecule has 1 unspecified atom stereocenters. The van der Waals surface area contributed by atoms with Crippen LogP contribution in [-0.2, 0) is 6.54 Å². The molecule has 5 nitrogen and oxygen atoms in total. The fourth-order valence-electron chi connectivity index (χ4n) is 1.73. The van der Waals surface area contributed by atoms with E-state index in [1.54, 1.807) is 13.0 Å². The number of hydrogen-bond acceptors (Lipinski definition) is 4. The fraction of sp³-hybridized carbons (Fsp3) is 0.333. The lowest BCUT2D eigenvalue weighted by Crippen LogP contribution is -2.16. The van der Waals surface area contributed by atoms with Crippen molar-refractivity contribution in [2.24, 2.45) is 5.73 Å². The molecule has 3 N–H and O–H groups in total. The van der Waals surface area contributed by atoms with Gasteiger partial charge in [-0.15, -0.1) is 5.10 Å². The molecule has 0 fully saturated rings. The standard InChI is InChI=1S/C12H15FN4OS/c1-3-17-11(18)15-16-12(17)19-10-5-4-8(13)6-9(10)7(2)14/h4-7H,3,14H2,1-2H3,(H,15,18). The molecule has 0 saturated heterocycles. The maximum atomic E-state index is 13.3. The SMILES string of the molecule is CCn1c(Sc2ccc(F)cc2C(C)N)n[nH]c1=O. The predicted octanol–water partition coefficient (Wildman–Crippen LogP) is 1.90. The fourth-order valence-corrected chi connectivity index (χ4v) is 2.84. The van der Waals surface area contributed by atoms with Gasteiger partial charge in [0.05, 0.1) is 0 Å². The van der Waals surface area contributed by atoms with E-state index in [0.29, 0.717) is 17.3 Å². The number of nitrogens with one attached hydrogen (secondary N) is 1. The van der Waals surface area contributed by atoms with E-state index in [2.05, 4.69) is 10.2 Å². The lowest BCUT2D eigenvalue weighted by molar-refractivity contribution is 0.619. The van der Waals surface area contributed by atoms with Crippen LogP contribution in [0.5, 0.6) is 0 Å². The molecule has 0 aliphatic rings. The van der Waals surface area contributed by atoms with Gasteiger partial charge in [0.25, 0.3) is 0 Å². The second kappa shape index (κ2) is 5.58. The number of hydrogen-bond donors (Lipinski definition) is 2. The molecule has 1 aromatic heterocycles. The van der Waals surface area contributed by atoms with Gasteiger partial charge < -0.3 is 5.73 Å². The third-order valence-electron chi connectivity index (χ3n) is 2.70. The average Bonchev–Trinajstić information content (AvgIpc) is 2.71. The number of aromatic amines is 1. The average molecular weight is 282 g/mol. The number of nitrogens with two attached hydrogens (primary N) is 1. The molecule has 1 aromatic carbocycles. The Morgan fingerprint density at radius 2 is 2.32 bits per heavy atom. The Morgan fingerprint density at radius 1 is 1.58 bits per heavy atom. The number of aromatic nitrogens is 3. The topological polar surface area (TPSA) is 76.7 Å². The number of halogens is 1. The van der Waals surface area contributed by atoms with Gasteiger partial charge in [-0.25, -0.2) is 14.3 Å². The minimum absolute atomic E-state index is 0.255. The predicted molar refractivity (Wildman–Crippen MR) is 71.6 cm³/mol. The molecule has 0 amide bonds. The Kier molecular flexibility index (Phi) is 4.06. The van der Waals surface area contributed by atoms with Crippen LogP contribution >= 0.6 is 11.8 Å². The summed E-state index contributed by atoms with van der Waals surface area (Å²) in [6, 6.07) is 4.14. The Bertz CT molecular complexity index is 635. The Hall–Kier alpha value is -1.60. The highest BCUT2D eigenvalue weighted by Crippen LogP contribution is 2.31. The van der Waals surface area contributed by atoms with Gasteiger partial charge in [0.1, 0.15) is 5.82 Å². The summed E-state index contributed by atoms with van der Waals surface area (Å²) in [6.45, 7) is 4.17. The van der Waals surface area contributed by atoms with E-state index in [-0.39, 0.29) is 17.5 Å². The van der Waals surface area contributed by atoms with E-state index in [4.69, 9.17) is 5.73 Å². The van der Waals surface area contributed by atoms with E-state index in [0.717, 1.165) is 4.90 Å². The minimum Gasteiger partial charge on any atom is -0.324 e. The molecule has 0 spiro atoms. The summed E-state index contributed by atoms with van der Waals surface area (Å²) in [5.41, 5.74) is 6.28. The van der Waals surface area contributed by atoms with Crippen molar-refractivity contribution in [3.63, 3.8) is 0 Å². The second-order valence-corrected chi connectivity index (χ2v) is 5.14. The smallest absolute Gasteiger partial charge is 0.324 e. The first kappa shape index (κ1) is 13.8. The van der Waals surface area contributed by atoms with Crippen LogP contribution in [0.1, 0.15) is 25.5 Å². The molecule has 1 heterocycles. The van der Waals surface area contributed by atoms with Crippen LogP contribution in [0.4, 0.5) is 4.39 Å². The zero-order valence-electron chi connectivity index (χ0n) is 10.7. The van der Waals surface area contributed by atoms with Crippen molar-refractivity contribution in [3.05, 3.63) is 40.1 Å². The molecular formula is C12H15FN4OS. The van der Waals surface area contributed by atoms with Gasteiger partial charge in [0.2, 0.25) is 0 Å². The molecule has 7 heteroatoms. The van der Waals surface area contributed by atoms with Crippen molar-refractivity contribution in [1.82, 2.24) is 14.8 Å². The summed E-state index contributed by atoms with van der Waals surface area (Å²) in [5.74, 6) is -0.327. The first-order valence-corrected chi connectivity index (χ1v) is 6.72. The van der Waals surface area contributed by atoms with E-state index < -0.39 is 0 Å². The molecule has 2 aromatic rings. The van der Waals surface area contributed by atoms with Gasteiger partial charge in [-0.3, -0.25) is 4.57 Å². The third kappa shape index (κ3) is 2.87. The molecule has 0 aliphatic carbocycles. The zero-order valence-corrected chi connectivity index (χ0v) is 11.5. The minimum atomic E-state index is -0.327. The van der Waals surface area contributed by atoms with Gasteiger partial charge in [-0.05, 0) is 49.4 Å². The van der Waals surface area contributed by atoms with Gasteiger partial charge >= 0.3 is 5.69 Å². The van der Waals surface area contributed by atoms with Crippen LogP contribution in [0.25, 0.3) is 0 Å². The lowest BCUT2D eigenvalue weighted by atomic mass is 10.1. The zero-order chi connectivity index (χ0) is 14.0. The maximum absolute atomic E-state index is 13.3. The maximum Gasteiger partial charge on any atom is 0.343 e. The van der Waals surface area contributed by atoms with Crippen molar-refractivity contribution in [2.75, 3.05) is 0 Å². The monoisotopic (exact) mass is 282 g/mol. The summed E-state index contributed by atoms with van der Waals surface area (Å²) >= 11 is 1.30. The van der Waals surface area contributed by atoms with Crippen LogP contribution in [0.2, 0.25) is 0 Å². The van der Waals surface area contributed by atoms with Gasteiger partial charge in [0, 0.05) is 17.5 Å². The molecule has 1 atom stereocenters. The first-order valence-electron chi connectivity index (χ1n) is 5.91. The number of rotatable bonds is 4. The Balaban J connectivity index is 2.40. The molecule has 2 rings (SSSR count). The number of H-pyrrole nitrogens is 1. The van der Waals surface area contributed by atoms with Crippen molar-refractivity contribution < 1.29 is 4.39 Å². The van der Waals surface area contributed by atoms with Crippen LogP contribution in [0, 0.1) is 5.82 Å². The molecule has 0 bridgehead atoms. The summed E-state index contributed by atoms with van der Waals surface area (Å²) < 4.78 is 14.8. The third-order valence-corrected chi connectivity index (χ3v) is 3.79. The van der Waals surface area contributed by atoms with Crippen molar-refractivity contribution in [3.8, 4) is 0 Å². The highest BCUT2D eigenvalue weighted by atomic mass is 32.2. The first-order chi connectivity index (χ1) is 9.02. The normalized spacial score (nSPS) is 12.6. The summed E-state index contributed by atoms with van der Waals surface area (Å²) in [7, 11) is 0. The summed E-state index contributed by atoms with van der Waals surface area (Å²) in [5, 5.41) is 6.90. The molecule has 102 valence electrons. The molecule has 19 heavy (non-hydrogen) atoms. The molecule has 0 aliphatic heterocycles. The van der Waals surface area contributed by atoms with Gasteiger partial charge in [-0.2, -0.15) is 0 Å². The van der Waals surface area contributed by atoms with Crippen molar-refractivity contribution in [2.45, 2.75) is 36.5 Å². The van der Waals surface area contributed by atoms with Gasteiger partial charge in [0.15, 0.2) is 5.16 Å². The number of nitrogens with zero attached hydrogens (tertiary/aromatic N) is 2. The van der Waals surface area contributed by atoms with Gasteiger partial charge in [-0.1, -0.05) is 0 Å². The largest absolute Gasteiger partial charge is 0.343 e. The Labute approximate surface area is 114 Å². The molecule has 0 saturated carbocycles. The highest BCUT2D eigenvalue weighted by Gasteiger charge is 2.14. The van der Waals surface area contributed by atoms with Crippen molar-refractivity contribution >= 4 is 11.8 Å². The van der Waals surface area contributed by atoms with E-state index in [9.17, 15) is 9.18 Å². The molecule has 0 radical (unpaired) electrons. The van der Waals surface area contributed by atoms with Crippen LogP contribution in [0.15, 0.2) is 33.0 Å². The van der Waals surface area contributed by atoms with E-state index >= 15 is 0 Å². The van der Waals surface area contributed by atoms with Crippen LogP contribution in [0.3, 0.4) is 0 Å². The van der Waals surface area contributed by atoms with E-state index in [1.165, 1.54) is 28.5 Å². The second-order valence-electron chi connectivity index (χ2n) is 4.13. The van der Waals surface area contributed by atoms with Crippen LogP contribution < -0.4 is 11.4 Å².